The van der Waals surface area contributed by atoms with Crippen LogP contribution in [0, 0.1) is 0 Å². The highest BCUT2D eigenvalue weighted by molar-refractivity contribution is 7.09. The monoisotopic (exact) mass is 260 g/mol. The van der Waals surface area contributed by atoms with Crippen LogP contribution in [0.15, 0.2) is 11.6 Å². The molecule has 0 aromatic carbocycles. The summed E-state index contributed by atoms with van der Waals surface area (Å²) in [6.45, 7) is -0.456. The van der Waals surface area contributed by atoms with Gasteiger partial charge in [-0.3, -0.25) is 4.79 Å². The van der Waals surface area contributed by atoms with E-state index in [1.54, 1.807) is 0 Å². The Hall–Kier alpha value is -1.25. The number of amides is 1. The summed E-state index contributed by atoms with van der Waals surface area (Å²) in [6, 6.07) is 0. The van der Waals surface area contributed by atoms with Gasteiger partial charge < -0.3 is 5.32 Å². The lowest BCUT2D eigenvalue weighted by Gasteiger charge is -2.18. The molecule has 1 aromatic heterocycles. The molecular formula is C7H5F5N2OS. The van der Waals surface area contributed by atoms with E-state index in [0.29, 0.717) is 0 Å². The van der Waals surface area contributed by atoms with Crippen molar-refractivity contribution in [3.63, 3.8) is 0 Å². The molecule has 16 heavy (non-hydrogen) atoms. The van der Waals surface area contributed by atoms with Crippen LogP contribution in [-0.2, 0) is 11.3 Å². The maximum Gasteiger partial charge on any atom is 0.463 e. The van der Waals surface area contributed by atoms with Crippen LogP contribution in [0.1, 0.15) is 5.01 Å². The van der Waals surface area contributed by atoms with Crippen molar-refractivity contribution in [2.45, 2.75) is 18.6 Å². The van der Waals surface area contributed by atoms with Crippen molar-refractivity contribution in [1.29, 1.82) is 0 Å². The third kappa shape index (κ3) is 2.65. The van der Waals surface area contributed by atoms with Crippen LogP contribution in [0.4, 0.5) is 22.0 Å². The quantitative estimate of drug-likeness (QED) is 0.844. The molecule has 1 aromatic rings. The molecule has 0 aliphatic heterocycles. The molecule has 9 heteroatoms. The molecule has 0 saturated heterocycles. The second kappa shape index (κ2) is 4.32. The summed E-state index contributed by atoms with van der Waals surface area (Å²) in [4.78, 5) is 14.2. The van der Waals surface area contributed by atoms with Gasteiger partial charge in [0.1, 0.15) is 5.01 Å². The Bertz CT molecular complexity index is 361. The first-order valence-electron chi connectivity index (χ1n) is 3.86. The summed E-state index contributed by atoms with van der Waals surface area (Å²) in [7, 11) is 0. The zero-order valence-corrected chi connectivity index (χ0v) is 8.33. The number of hydrogen-bond donors (Lipinski definition) is 1. The van der Waals surface area contributed by atoms with Gasteiger partial charge in [-0.2, -0.15) is 22.0 Å². The fourth-order valence-electron chi connectivity index (χ4n) is 0.736. The van der Waals surface area contributed by atoms with Gasteiger partial charge in [-0.15, -0.1) is 11.3 Å². The first-order valence-corrected chi connectivity index (χ1v) is 4.74. The number of carbonyl (C=O) groups is 1. The summed E-state index contributed by atoms with van der Waals surface area (Å²) in [6.07, 6.45) is -4.55. The molecule has 0 saturated carbocycles. The highest BCUT2D eigenvalue weighted by Crippen LogP contribution is 2.35. The van der Waals surface area contributed by atoms with E-state index in [1.807, 2.05) is 0 Å². The van der Waals surface area contributed by atoms with E-state index in [9.17, 15) is 26.7 Å². The number of thiazole rings is 1. The normalized spacial score (nSPS) is 12.6. The first kappa shape index (κ1) is 12.8. The van der Waals surface area contributed by atoms with Gasteiger partial charge in [0.15, 0.2) is 0 Å². The highest BCUT2D eigenvalue weighted by Gasteiger charge is 2.63. The SMILES string of the molecule is O=C(NCc1nccs1)C(F)(F)C(F)(F)F. The summed E-state index contributed by atoms with van der Waals surface area (Å²) in [5.74, 6) is -7.76. The smallest absolute Gasteiger partial charge is 0.344 e. The average molecular weight is 260 g/mol. The van der Waals surface area contributed by atoms with Gasteiger partial charge in [0.2, 0.25) is 0 Å². The number of rotatable bonds is 3. The van der Waals surface area contributed by atoms with Gasteiger partial charge in [0.25, 0.3) is 0 Å². The molecule has 0 spiro atoms. The van der Waals surface area contributed by atoms with Gasteiger partial charge >= 0.3 is 18.0 Å². The van der Waals surface area contributed by atoms with Crippen molar-refractivity contribution in [3.8, 4) is 0 Å². The summed E-state index contributed by atoms with van der Waals surface area (Å²) in [5.41, 5.74) is 0. The number of hydrogen-bond acceptors (Lipinski definition) is 3. The maximum atomic E-state index is 12.4. The molecule has 0 radical (unpaired) electrons. The Morgan fingerprint density at radius 1 is 1.38 bits per heavy atom. The van der Waals surface area contributed by atoms with Crippen molar-refractivity contribution in [2.24, 2.45) is 0 Å². The van der Waals surface area contributed by atoms with E-state index < -0.39 is 24.6 Å². The first-order chi connectivity index (χ1) is 7.25. The molecule has 1 N–H and O–H groups in total. The molecule has 0 aliphatic rings. The summed E-state index contributed by atoms with van der Waals surface area (Å²) < 4.78 is 60.0. The summed E-state index contributed by atoms with van der Waals surface area (Å²) in [5, 5.41) is 3.22. The van der Waals surface area contributed by atoms with E-state index in [4.69, 9.17) is 0 Å². The van der Waals surface area contributed by atoms with Crippen molar-refractivity contribution < 1.29 is 26.7 Å². The number of aromatic nitrogens is 1. The van der Waals surface area contributed by atoms with Crippen LogP contribution in [0.5, 0.6) is 0 Å². The molecular weight excluding hydrogens is 255 g/mol. The van der Waals surface area contributed by atoms with Crippen molar-refractivity contribution >= 4 is 17.2 Å². The Kier molecular flexibility index (Phi) is 3.46. The molecule has 0 fully saturated rings. The van der Waals surface area contributed by atoms with Crippen molar-refractivity contribution in [2.75, 3.05) is 0 Å². The van der Waals surface area contributed by atoms with Gasteiger partial charge in [-0.05, 0) is 0 Å². The number of halogens is 5. The Morgan fingerprint density at radius 2 is 2.00 bits per heavy atom. The van der Waals surface area contributed by atoms with Crippen molar-refractivity contribution in [3.05, 3.63) is 16.6 Å². The highest BCUT2D eigenvalue weighted by atomic mass is 32.1. The second-order valence-electron chi connectivity index (χ2n) is 2.68. The van der Waals surface area contributed by atoms with Crippen LogP contribution in [0.2, 0.25) is 0 Å². The van der Waals surface area contributed by atoms with E-state index in [0.717, 1.165) is 11.3 Å². The molecule has 3 nitrogen and oxygen atoms in total. The molecule has 0 bridgehead atoms. The molecule has 0 unspecified atom stereocenters. The lowest BCUT2D eigenvalue weighted by molar-refractivity contribution is -0.269. The van der Waals surface area contributed by atoms with Crippen LogP contribution >= 0.6 is 11.3 Å². The predicted molar refractivity (Wildman–Crippen MR) is 45.0 cm³/mol. The summed E-state index contributed by atoms with van der Waals surface area (Å²) >= 11 is 1.03. The molecule has 1 rings (SSSR count). The van der Waals surface area contributed by atoms with Gasteiger partial charge in [0.05, 0.1) is 6.54 Å². The van der Waals surface area contributed by atoms with E-state index in [-0.39, 0.29) is 5.01 Å². The minimum Gasteiger partial charge on any atom is -0.344 e. The zero-order chi connectivity index (χ0) is 12.4. The van der Waals surface area contributed by atoms with E-state index in [1.165, 1.54) is 16.9 Å². The third-order valence-electron chi connectivity index (χ3n) is 1.52. The van der Waals surface area contributed by atoms with Gasteiger partial charge in [-0.1, -0.05) is 0 Å². The number of carbonyl (C=O) groups excluding carboxylic acids is 1. The topological polar surface area (TPSA) is 42.0 Å². The Balaban J connectivity index is 2.59. The third-order valence-corrected chi connectivity index (χ3v) is 2.30. The molecule has 1 amide bonds. The van der Waals surface area contributed by atoms with Crippen molar-refractivity contribution in [1.82, 2.24) is 10.3 Å². The molecule has 0 aliphatic carbocycles. The molecule has 0 atom stereocenters. The Morgan fingerprint density at radius 3 is 2.44 bits per heavy atom. The lowest BCUT2D eigenvalue weighted by atomic mass is 10.3. The largest absolute Gasteiger partial charge is 0.463 e. The second-order valence-corrected chi connectivity index (χ2v) is 3.66. The Labute approximate surface area is 90.3 Å². The van der Waals surface area contributed by atoms with E-state index >= 15 is 0 Å². The number of alkyl halides is 5. The average Bonchev–Trinajstić information content (AvgIpc) is 2.64. The predicted octanol–water partition coefficient (Wildman–Crippen LogP) is 1.96. The maximum absolute atomic E-state index is 12.4. The van der Waals surface area contributed by atoms with Crippen LogP contribution < -0.4 is 5.32 Å². The number of nitrogens with zero attached hydrogens (tertiary/aromatic N) is 1. The molecule has 1 heterocycles. The molecule has 90 valence electrons. The standard InChI is InChI=1S/C7H5F5N2OS/c8-6(9,7(10,11)12)5(15)14-3-4-13-1-2-16-4/h1-2H,3H2,(H,14,15). The number of nitrogens with one attached hydrogen (secondary N) is 1. The minimum absolute atomic E-state index is 0.242. The fraction of sp³-hybridized carbons (Fsp3) is 0.429. The minimum atomic E-state index is -5.89. The zero-order valence-electron chi connectivity index (χ0n) is 7.52. The fourth-order valence-corrected chi connectivity index (χ4v) is 1.29. The van der Waals surface area contributed by atoms with Gasteiger partial charge in [-0.25, -0.2) is 4.98 Å². The lowest BCUT2D eigenvalue weighted by Crippen LogP contribution is -2.50. The van der Waals surface area contributed by atoms with Crippen LogP contribution in [-0.4, -0.2) is 23.0 Å². The van der Waals surface area contributed by atoms with E-state index in [2.05, 4.69) is 4.98 Å². The van der Waals surface area contributed by atoms with Gasteiger partial charge in [0, 0.05) is 11.6 Å². The van der Waals surface area contributed by atoms with Crippen LogP contribution in [0.25, 0.3) is 0 Å². The van der Waals surface area contributed by atoms with Crippen LogP contribution in [0.3, 0.4) is 0 Å².